The lowest BCUT2D eigenvalue weighted by molar-refractivity contribution is 0.201. The molecule has 418 valence electrons. The van der Waals surface area contributed by atoms with Crippen molar-refractivity contribution in [3.8, 4) is 0 Å². The van der Waals surface area contributed by atoms with Crippen LogP contribution in [0, 0.1) is 85.9 Å². The molecule has 1 aliphatic rings. The molecule has 0 heterocycles. The molecule has 74 heavy (non-hydrogen) atoms. The zero-order chi connectivity index (χ0) is 68.1. The Morgan fingerprint density at radius 1 is 0.514 bits per heavy atom. The second kappa shape index (κ2) is 34.7. The molecule has 1 unspecified atom stereocenters. The van der Waals surface area contributed by atoms with Crippen LogP contribution in [0.15, 0.2) is 84.9 Å². The zero-order valence-electron chi connectivity index (χ0n) is 65.1. The maximum atomic E-state index is 8.14. The largest absolute Gasteiger partial charge is 0.0776 e. The summed E-state index contributed by atoms with van der Waals surface area (Å²) in [6.45, 7) is 49.2. The molecule has 1 atom stereocenters. The summed E-state index contributed by atoms with van der Waals surface area (Å²) in [5.41, 5.74) is 17.3. The van der Waals surface area contributed by atoms with Crippen LogP contribution in [0.5, 0.6) is 0 Å². The summed E-state index contributed by atoms with van der Waals surface area (Å²) in [4.78, 5) is 0. The monoisotopic (exact) mass is 1020 g/mol. The van der Waals surface area contributed by atoms with Gasteiger partial charge in [-0.25, -0.2) is 0 Å². The van der Waals surface area contributed by atoms with Gasteiger partial charge in [0.1, 0.15) is 0 Å². The van der Waals surface area contributed by atoms with Crippen LogP contribution in [0.2, 0.25) is 0 Å². The molecular weight excluding hydrogens is 889 g/mol. The molecule has 0 saturated heterocycles. The van der Waals surface area contributed by atoms with E-state index in [-0.39, 0.29) is 18.7 Å². The average molecular weight is 1020 g/mol. The van der Waals surface area contributed by atoms with Crippen molar-refractivity contribution in [2.24, 2.45) is 16.7 Å². The number of hydrogen-bond donors (Lipinski definition) is 0. The number of aryl methyl sites for hydroxylation is 6. The molecule has 6 rings (SSSR count). The van der Waals surface area contributed by atoms with Gasteiger partial charge in [-0.1, -0.05) is 254 Å². The Bertz CT molecular complexity index is 2780. The minimum Gasteiger partial charge on any atom is -0.0776 e. The third-order valence-electron chi connectivity index (χ3n) is 14.0. The van der Waals surface area contributed by atoms with E-state index in [1.165, 1.54) is 53.1 Å². The van der Waals surface area contributed by atoms with E-state index in [2.05, 4.69) is 113 Å². The van der Waals surface area contributed by atoms with Crippen molar-refractivity contribution in [1.82, 2.24) is 0 Å². The van der Waals surface area contributed by atoms with Gasteiger partial charge >= 0.3 is 0 Å². The summed E-state index contributed by atoms with van der Waals surface area (Å²) in [5.74, 6) is -2.48. The van der Waals surface area contributed by atoms with Gasteiger partial charge in [0.05, 0.1) is 0 Å². The van der Waals surface area contributed by atoms with Gasteiger partial charge in [-0.3, -0.25) is 0 Å². The zero-order valence-corrected chi connectivity index (χ0v) is 52.1. The van der Waals surface area contributed by atoms with Crippen molar-refractivity contribution >= 4 is 0 Å². The Labute approximate surface area is 482 Å². The smallest absolute Gasteiger partial charge is 0.0347 e. The third kappa shape index (κ3) is 27.2. The first-order chi connectivity index (χ1) is 38.2. The molecular formula is C74H122. The van der Waals surface area contributed by atoms with E-state index < -0.39 is 43.7 Å². The fraction of sp³-hybridized carbons (Fsp3) is 0.595. The molecule has 1 aliphatic carbocycles. The van der Waals surface area contributed by atoms with Gasteiger partial charge in [-0.15, -0.1) is 0 Å². The van der Waals surface area contributed by atoms with E-state index in [1.54, 1.807) is 45.9 Å². The molecule has 0 spiro atoms. The minimum atomic E-state index is -2.39. The van der Waals surface area contributed by atoms with Crippen LogP contribution in [0.25, 0.3) is 0 Å². The van der Waals surface area contributed by atoms with Crippen molar-refractivity contribution in [2.45, 2.75) is 276 Å². The Morgan fingerprint density at radius 3 is 1.15 bits per heavy atom. The number of hydrogen-bond acceptors (Lipinski definition) is 0. The van der Waals surface area contributed by atoms with E-state index in [0.717, 1.165) is 57.3 Å². The Balaban J connectivity index is 0. The van der Waals surface area contributed by atoms with Crippen LogP contribution in [-0.4, -0.2) is 0 Å². The van der Waals surface area contributed by atoms with Crippen molar-refractivity contribution in [1.29, 1.82) is 0 Å². The van der Waals surface area contributed by atoms with Crippen LogP contribution in [0.1, 0.15) is 313 Å². The van der Waals surface area contributed by atoms with Crippen molar-refractivity contribution < 1.29 is 17.8 Å². The molecule has 1 saturated carbocycles. The van der Waals surface area contributed by atoms with E-state index in [1.807, 2.05) is 106 Å². The van der Waals surface area contributed by atoms with Crippen LogP contribution >= 0.6 is 0 Å². The predicted molar refractivity (Wildman–Crippen MR) is 342 cm³/mol. The van der Waals surface area contributed by atoms with Gasteiger partial charge < -0.3 is 0 Å². The van der Waals surface area contributed by atoms with Crippen molar-refractivity contribution in [3.05, 3.63) is 174 Å². The highest BCUT2D eigenvalue weighted by Gasteiger charge is 2.24. The van der Waals surface area contributed by atoms with Crippen LogP contribution < -0.4 is 0 Å². The molecule has 0 aliphatic heterocycles. The first kappa shape index (κ1) is 50.9. The minimum absolute atomic E-state index is 0. The normalized spacial score (nSPS) is 17.7. The Hall–Kier alpha value is -3.90. The number of benzene rings is 5. The van der Waals surface area contributed by atoms with Crippen LogP contribution in [0.3, 0.4) is 0 Å². The summed E-state index contributed by atoms with van der Waals surface area (Å²) in [6, 6.07) is 28.1. The fourth-order valence-corrected chi connectivity index (χ4v) is 8.51. The predicted octanol–water partition coefficient (Wildman–Crippen LogP) is 24.6. The van der Waals surface area contributed by atoms with Crippen LogP contribution in [-0.2, 0) is 0 Å². The molecule has 0 bridgehead atoms. The molecule has 0 amide bonds. The average Bonchev–Trinajstić information content (AvgIpc) is 2.73. The van der Waals surface area contributed by atoms with Gasteiger partial charge in [0.2, 0.25) is 0 Å². The summed E-state index contributed by atoms with van der Waals surface area (Å²) >= 11 is 0. The number of rotatable bonds is 6. The summed E-state index contributed by atoms with van der Waals surface area (Å²) in [6.07, 6.45) is 3.56. The molecule has 0 N–H and O–H groups in total. The maximum absolute atomic E-state index is 8.14. The molecule has 0 heteroatoms. The summed E-state index contributed by atoms with van der Waals surface area (Å²) in [7, 11) is 0. The topological polar surface area (TPSA) is 0 Å². The lowest BCUT2D eigenvalue weighted by Crippen LogP contribution is -2.19. The Morgan fingerprint density at radius 2 is 0.851 bits per heavy atom. The highest BCUT2D eigenvalue weighted by atomic mass is 14.3. The van der Waals surface area contributed by atoms with Crippen molar-refractivity contribution in [2.75, 3.05) is 0 Å². The highest BCUT2D eigenvalue weighted by molar-refractivity contribution is 5.40. The van der Waals surface area contributed by atoms with Gasteiger partial charge in [-0.2, -0.15) is 0 Å². The van der Waals surface area contributed by atoms with Gasteiger partial charge in [0.15, 0.2) is 0 Å². The standard InChI is InChI=1S/3C13H20.C10H14.C9H18.C9H12.C6H14.CH4/c3*1-9(2)12-7-6-8-13(10(3)4)11(12)5;1-7-5-8(2)10(4)9(3)6-7;1-8-4-6-9(2,3)7-5-8;1-7-4-5-8(2)9(3)6-7;1-5-6(2,3)4;/h3*6-10H,1-5H3;5-6H,1-4H3;8H,4-7H2,1-3H3;4-6H,1-3H3;5H2,1-4H3;1H4/i1D3,9D,10D;9D,10D;;2D3;8D;;5D2;. The maximum Gasteiger partial charge on any atom is 0.0347 e. The molecule has 5 aromatic rings. The van der Waals surface area contributed by atoms with E-state index in [9.17, 15) is 0 Å². The highest BCUT2D eigenvalue weighted by Crippen LogP contribution is 2.37. The van der Waals surface area contributed by atoms with E-state index in [4.69, 9.17) is 17.8 Å². The van der Waals surface area contributed by atoms with E-state index >= 15 is 0 Å². The Kier molecular flexibility index (Phi) is 23.9. The first-order valence-corrected chi connectivity index (χ1v) is 27.2. The molecule has 5 aromatic carbocycles. The van der Waals surface area contributed by atoms with Gasteiger partial charge in [-0.05, 0) is 212 Å². The lowest BCUT2D eigenvalue weighted by atomic mass is 9.74. The second-order valence-electron chi connectivity index (χ2n) is 23.9. The molecule has 0 aromatic heterocycles. The van der Waals surface area contributed by atoms with Gasteiger partial charge in [0.25, 0.3) is 0 Å². The van der Waals surface area contributed by atoms with Gasteiger partial charge in [0, 0.05) is 17.8 Å². The molecule has 0 radical (unpaired) electrons. The second-order valence-corrected chi connectivity index (χ2v) is 23.9. The van der Waals surface area contributed by atoms with Crippen molar-refractivity contribution in [3.63, 3.8) is 0 Å². The lowest BCUT2D eigenvalue weighted by Gasteiger charge is -2.32. The molecule has 0 nitrogen and oxygen atoms in total. The van der Waals surface area contributed by atoms with Crippen LogP contribution in [0.4, 0.5) is 0 Å². The third-order valence-corrected chi connectivity index (χ3v) is 14.0. The first-order valence-electron chi connectivity index (χ1n) is 33.7. The quantitative estimate of drug-likeness (QED) is 0.159. The fourth-order valence-electron chi connectivity index (χ4n) is 8.51. The summed E-state index contributed by atoms with van der Waals surface area (Å²) in [5, 5.41) is 0. The molecule has 1 fully saturated rings. The SMILES string of the molecule is C.Cc1c(C(C)C)cccc1C(C)C.Cc1ccc(C)c(C)c1.[2H]C(C)(C)c1cccc(C([2H])(C)C([2H])([2H])[2H])c1C.[2H]C(C)(C)c1cccc(C([2H])(C)C)c1C.[2H]C([2H])(C)C(C)(C)C.[2H]C([2H])([2H])c1cc(C)cc(C)c1C.[2H]C1(C)CCC(C)(C)CC1. The summed E-state index contributed by atoms with van der Waals surface area (Å²) < 4.78 is 99.1. The van der Waals surface area contributed by atoms with E-state index in [0.29, 0.717) is 28.4 Å².